The number of carbonyl (C=O) groups excluding carboxylic acids is 2. The van der Waals surface area contributed by atoms with Crippen molar-refractivity contribution in [2.24, 2.45) is 0 Å². The van der Waals surface area contributed by atoms with E-state index in [1.165, 1.54) is 31.3 Å². The van der Waals surface area contributed by atoms with Crippen LogP contribution in [-0.4, -0.2) is 84.6 Å². The Morgan fingerprint density at radius 1 is 0.968 bits per heavy atom. The molecule has 0 aromatic carbocycles. The molecule has 2 aromatic heterocycles. The van der Waals surface area contributed by atoms with Gasteiger partial charge in [-0.1, -0.05) is 12.8 Å². The van der Waals surface area contributed by atoms with Gasteiger partial charge in [-0.15, -0.1) is 11.3 Å². The Kier molecular flexibility index (Phi) is 6.71. The maximum absolute atomic E-state index is 12.7. The molecule has 9 heteroatoms. The Hall–Kier alpha value is -2.26. The summed E-state index contributed by atoms with van der Waals surface area (Å²) in [6, 6.07) is 0. The summed E-state index contributed by atoms with van der Waals surface area (Å²) in [4.78, 5) is 42.1. The fourth-order valence-corrected chi connectivity index (χ4v) is 5.61. The number of nitrogens with zero attached hydrogens (tertiary/aromatic N) is 5. The van der Waals surface area contributed by atoms with Gasteiger partial charge in [0, 0.05) is 39.3 Å². The first kappa shape index (κ1) is 22.0. The fourth-order valence-electron chi connectivity index (χ4n) is 4.47. The molecule has 0 aliphatic carbocycles. The van der Waals surface area contributed by atoms with Crippen LogP contribution in [0, 0.1) is 13.8 Å². The minimum atomic E-state index is -0.332. The minimum absolute atomic E-state index is 0.256. The van der Waals surface area contributed by atoms with Crippen molar-refractivity contribution in [1.29, 1.82) is 0 Å². The van der Waals surface area contributed by atoms with Gasteiger partial charge < -0.3 is 14.5 Å². The molecule has 2 saturated heterocycles. The number of amides is 1. The van der Waals surface area contributed by atoms with Gasteiger partial charge in [-0.2, -0.15) is 0 Å². The van der Waals surface area contributed by atoms with Crippen molar-refractivity contribution in [3.8, 4) is 0 Å². The predicted octanol–water partition coefficient (Wildman–Crippen LogP) is 2.62. The van der Waals surface area contributed by atoms with E-state index in [2.05, 4.69) is 14.8 Å². The van der Waals surface area contributed by atoms with Crippen molar-refractivity contribution in [2.75, 3.05) is 57.8 Å². The smallest absolute Gasteiger partial charge is 0.348 e. The summed E-state index contributed by atoms with van der Waals surface area (Å²) in [6.45, 7) is 9.33. The Bertz CT molecular complexity index is 960. The molecule has 4 heterocycles. The number of esters is 1. The number of hydrogen-bond acceptors (Lipinski definition) is 8. The van der Waals surface area contributed by atoms with Crippen LogP contribution < -0.4 is 4.90 Å². The molecule has 0 radical (unpaired) electrons. The van der Waals surface area contributed by atoms with E-state index in [9.17, 15) is 9.59 Å². The van der Waals surface area contributed by atoms with Gasteiger partial charge in [-0.05, 0) is 32.3 Å². The first-order valence-electron chi connectivity index (χ1n) is 11.1. The number of aromatic nitrogens is 2. The van der Waals surface area contributed by atoms with Gasteiger partial charge in [-0.3, -0.25) is 9.69 Å². The molecule has 168 valence electrons. The molecule has 0 N–H and O–H groups in total. The van der Waals surface area contributed by atoms with E-state index >= 15 is 0 Å². The lowest BCUT2D eigenvalue weighted by Gasteiger charge is -2.36. The van der Waals surface area contributed by atoms with Gasteiger partial charge in [0.2, 0.25) is 5.91 Å². The van der Waals surface area contributed by atoms with Crippen molar-refractivity contribution < 1.29 is 14.3 Å². The number of fused-ring (bicyclic) bond motifs is 1. The van der Waals surface area contributed by atoms with E-state index in [-0.39, 0.29) is 11.9 Å². The third-order valence-electron chi connectivity index (χ3n) is 6.24. The minimum Gasteiger partial charge on any atom is -0.465 e. The highest BCUT2D eigenvalue weighted by atomic mass is 32.1. The van der Waals surface area contributed by atoms with Gasteiger partial charge in [0.1, 0.15) is 21.3 Å². The number of anilines is 1. The molecule has 2 fully saturated rings. The summed E-state index contributed by atoms with van der Waals surface area (Å²) in [6.07, 6.45) is 4.70. The van der Waals surface area contributed by atoms with Crippen molar-refractivity contribution >= 4 is 39.2 Å². The summed E-state index contributed by atoms with van der Waals surface area (Å²) in [7, 11) is 1.40. The third kappa shape index (κ3) is 4.67. The van der Waals surface area contributed by atoms with E-state index in [0.29, 0.717) is 17.2 Å². The molecule has 31 heavy (non-hydrogen) atoms. The molecule has 0 bridgehead atoms. The molecule has 0 unspecified atom stereocenters. The largest absolute Gasteiger partial charge is 0.465 e. The number of carbonyl (C=O) groups is 2. The van der Waals surface area contributed by atoms with E-state index in [4.69, 9.17) is 9.72 Å². The number of methoxy groups -OCH3 is 1. The highest BCUT2D eigenvalue weighted by molar-refractivity contribution is 7.20. The molecule has 0 spiro atoms. The van der Waals surface area contributed by atoms with Crippen LogP contribution in [-0.2, 0) is 9.53 Å². The van der Waals surface area contributed by atoms with Gasteiger partial charge in [0.25, 0.3) is 0 Å². The normalized spacial score (nSPS) is 18.3. The lowest BCUT2D eigenvalue weighted by molar-refractivity contribution is -0.132. The summed E-state index contributed by atoms with van der Waals surface area (Å²) in [5.41, 5.74) is 0.876. The number of piperazine rings is 1. The van der Waals surface area contributed by atoms with Crippen molar-refractivity contribution in [1.82, 2.24) is 19.8 Å². The van der Waals surface area contributed by atoms with E-state index < -0.39 is 0 Å². The number of rotatable bonds is 4. The average molecular weight is 446 g/mol. The van der Waals surface area contributed by atoms with Crippen LogP contribution in [0.3, 0.4) is 0 Å². The second-order valence-corrected chi connectivity index (χ2v) is 9.38. The standard InChI is InChI=1S/C22H31N5O3S/c1-15-18-20(23-16(2)24-21(18)31-19(15)22(29)30-3)27-12-10-25(11-13-27)14-17(28)26-8-6-4-5-7-9-26/h4-14H2,1-3H3. The Morgan fingerprint density at radius 2 is 1.65 bits per heavy atom. The van der Waals surface area contributed by atoms with Crippen LogP contribution in [0.1, 0.15) is 46.7 Å². The van der Waals surface area contributed by atoms with Gasteiger partial charge >= 0.3 is 5.97 Å². The molecule has 2 aromatic rings. The van der Waals surface area contributed by atoms with Gasteiger partial charge in [0.15, 0.2) is 0 Å². The molecule has 2 aliphatic rings. The maximum atomic E-state index is 12.7. The SMILES string of the molecule is COC(=O)c1sc2nc(C)nc(N3CCN(CC(=O)N4CCCCCC4)CC3)c2c1C. The molecule has 2 aliphatic heterocycles. The van der Waals surface area contributed by atoms with Gasteiger partial charge in [0.05, 0.1) is 19.0 Å². The second-order valence-electron chi connectivity index (χ2n) is 8.38. The molecule has 1 amide bonds. The quantitative estimate of drug-likeness (QED) is 0.670. The zero-order valence-corrected chi connectivity index (χ0v) is 19.5. The first-order chi connectivity index (χ1) is 15.0. The summed E-state index contributed by atoms with van der Waals surface area (Å²) in [5.74, 6) is 1.50. The highest BCUT2D eigenvalue weighted by Gasteiger charge is 2.27. The van der Waals surface area contributed by atoms with Crippen LogP contribution in [0.2, 0.25) is 0 Å². The summed E-state index contributed by atoms with van der Waals surface area (Å²) in [5, 5.41) is 0.935. The molecular weight excluding hydrogens is 414 g/mol. The number of thiophene rings is 1. The Morgan fingerprint density at radius 3 is 2.29 bits per heavy atom. The van der Waals surface area contributed by atoms with Crippen LogP contribution in [0.25, 0.3) is 10.2 Å². The van der Waals surface area contributed by atoms with Crippen LogP contribution >= 0.6 is 11.3 Å². The number of ether oxygens (including phenoxy) is 1. The van der Waals surface area contributed by atoms with Crippen LogP contribution in [0.4, 0.5) is 5.82 Å². The maximum Gasteiger partial charge on any atom is 0.348 e. The summed E-state index contributed by atoms with van der Waals surface area (Å²) >= 11 is 1.36. The lowest BCUT2D eigenvalue weighted by Crippen LogP contribution is -2.50. The van der Waals surface area contributed by atoms with Crippen molar-refractivity contribution in [3.63, 3.8) is 0 Å². The molecular formula is C22H31N5O3S. The molecule has 0 atom stereocenters. The topological polar surface area (TPSA) is 78.9 Å². The first-order valence-corrected chi connectivity index (χ1v) is 11.9. The van der Waals surface area contributed by atoms with E-state index in [0.717, 1.165) is 73.7 Å². The predicted molar refractivity (Wildman–Crippen MR) is 122 cm³/mol. The van der Waals surface area contributed by atoms with Crippen molar-refractivity contribution in [2.45, 2.75) is 39.5 Å². The van der Waals surface area contributed by atoms with Crippen LogP contribution in [0.5, 0.6) is 0 Å². The second kappa shape index (κ2) is 9.48. The Labute approximate surface area is 187 Å². The third-order valence-corrected chi connectivity index (χ3v) is 7.41. The van der Waals surface area contributed by atoms with Gasteiger partial charge in [-0.25, -0.2) is 14.8 Å². The number of hydrogen-bond donors (Lipinski definition) is 0. The highest BCUT2D eigenvalue weighted by Crippen LogP contribution is 2.36. The molecule has 4 rings (SSSR count). The number of aryl methyl sites for hydroxylation is 2. The zero-order chi connectivity index (χ0) is 22.0. The lowest BCUT2D eigenvalue weighted by atomic mass is 10.1. The Balaban J connectivity index is 1.46. The fraction of sp³-hybridized carbons (Fsp3) is 0.636. The summed E-state index contributed by atoms with van der Waals surface area (Å²) < 4.78 is 4.94. The number of likely N-dealkylation sites (tertiary alicyclic amines) is 1. The van der Waals surface area contributed by atoms with E-state index in [1.807, 2.05) is 18.7 Å². The monoisotopic (exact) mass is 445 g/mol. The van der Waals surface area contributed by atoms with Crippen LogP contribution in [0.15, 0.2) is 0 Å². The van der Waals surface area contributed by atoms with E-state index in [1.54, 1.807) is 0 Å². The molecule has 0 saturated carbocycles. The average Bonchev–Trinajstić information content (AvgIpc) is 2.94. The van der Waals surface area contributed by atoms with Crippen molar-refractivity contribution in [3.05, 3.63) is 16.3 Å². The molecule has 8 nitrogen and oxygen atoms in total. The zero-order valence-electron chi connectivity index (χ0n) is 18.6.